The van der Waals surface area contributed by atoms with Crippen molar-refractivity contribution in [2.45, 2.75) is 59.9 Å². The van der Waals surface area contributed by atoms with Gasteiger partial charge in [-0.05, 0) is 64.0 Å². The summed E-state index contributed by atoms with van der Waals surface area (Å²) in [6.07, 6.45) is 5.11. The van der Waals surface area contributed by atoms with Crippen LogP contribution in [0.25, 0.3) is 0 Å². The molecule has 0 aromatic carbocycles. The fourth-order valence-electron chi connectivity index (χ4n) is 3.72. The van der Waals surface area contributed by atoms with Crippen LogP contribution in [0.15, 0.2) is 0 Å². The topological polar surface area (TPSA) is 29.9 Å². The van der Waals surface area contributed by atoms with E-state index in [1.165, 1.54) is 25.0 Å². The van der Waals surface area contributed by atoms with Gasteiger partial charge in [0.15, 0.2) is 0 Å². The molecule has 3 atom stereocenters. The van der Waals surface area contributed by atoms with Gasteiger partial charge < -0.3 is 5.32 Å². The van der Waals surface area contributed by atoms with E-state index in [0.29, 0.717) is 0 Å². The molecule has 0 saturated heterocycles. The standard InChI is InChI=1S/C17H30ClN3/c1-5-19-11-14-8-7-12(3)9-15(14)10-16-17(18)13(4)20-21(16)6-2/h12,14-15,19H,5-11H2,1-4H3. The lowest BCUT2D eigenvalue weighted by Gasteiger charge is -2.35. The molecule has 0 radical (unpaired) electrons. The summed E-state index contributed by atoms with van der Waals surface area (Å²) in [7, 11) is 0. The van der Waals surface area contributed by atoms with E-state index in [0.717, 1.165) is 54.5 Å². The van der Waals surface area contributed by atoms with Gasteiger partial charge in [0.25, 0.3) is 0 Å². The van der Waals surface area contributed by atoms with Crippen LogP contribution in [0.1, 0.15) is 51.4 Å². The number of rotatable bonds is 6. The number of aryl methyl sites for hydroxylation is 2. The van der Waals surface area contributed by atoms with E-state index in [2.05, 4.69) is 35.9 Å². The van der Waals surface area contributed by atoms with E-state index in [9.17, 15) is 0 Å². The number of hydrogen-bond acceptors (Lipinski definition) is 2. The minimum absolute atomic E-state index is 0.728. The second kappa shape index (κ2) is 7.64. The quantitative estimate of drug-likeness (QED) is 0.858. The van der Waals surface area contributed by atoms with Crippen LogP contribution in [0.5, 0.6) is 0 Å². The Hall–Kier alpha value is -0.540. The van der Waals surface area contributed by atoms with Crippen LogP contribution in [0.3, 0.4) is 0 Å². The highest BCUT2D eigenvalue weighted by molar-refractivity contribution is 6.31. The molecule has 1 aromatic rings. The molecule has 3 unspecified atom stereocenters. The molecule has 1 aliphatic rings. The molecular formula is C17H30ClN3. The van der Waals surface area contributed by atoms with E-state index < -0.39 is 0 Å². The fourth-order valence-corrected chi connectivity index (χ4v) is 3.93. The summed E-state index contributed by atoms with van der Waals surface area (Å²) in [5.74, 6) is 2.34. The van der Waals surface area contributed by atoms with Crippen molar-refractivity contribution >= 4 is 11.6 Å². The molecular weight excluding hydrogens is 282 g/mol. The van der Waals surface area contributed by atoms with E-state index >= 15 is 0 Å². The Morgan fingerprint density at radius 1 is 1.29 bits per heavy atom. The van der Waals surface area contributed by atoms with Crippen molar-refractivity contribution in [1.82, 2.24) is 15.1 Å². The van der Waals surface area contributed by atoms with Gasteiger partial charge in [-0.25, -0.2) is 0 Å². The molecule has 1 fully saturated rings. The average Bonchev–Trinajstić information content (AvgIpc) is 2.74. The van der Waals surface area contributed by atoms with Crippen LogP contribution in [-0.4, -0.2) is 22.9 Å². The van der Waals surface area contributed by atoms with Crippen LogP contribution >= 0.6 is 11.6 Å². The predicted molar refractivity (Wildman–Crippen MR) is 89.9 cm³/mol. The van der Waals surface area contributed by atoms with Crippen LogP contribution < -0.4 is 5.32 Å². The maximum atomic E-state index is 6.50. The SMILES string of the molecule is CCNCC1CCC(C)CC1Cc1c(Cl)c(C)nn1CC. The van der Waals surface area contributed by atoms with Crippen LogP contribution in [0, 0.1) is 24.7 Å². The molecule has 1 N–H and O–H groups in total. The van der Waals surface area contributed by atoms with Gasteiger partial charge in [-0.2, -0.15) is 5.10 Å². The van der Waals surface area contributed by atoms with Gasteiger partial charge >= 0.3 is 0 Å². The van der Waals surface area contributed by atoms with E-state index in [-0.39, 0.29) is 0 Å². The Balaban J connectivity index is 2.14. The van der Waals surface area contributed by atoms with Gasteiger partial charge in [-0.1, -0.05) is 31.9 Å². The fraction of sp³-hybridized carbons (Fsp3) is 0.824. The summed E-state index contributed by atoms with van der Waals surface area (Å²) in [4.78, 5) is 0. The highest BCUT2D eigenvalue weighted by atomic mass is 35.5. The van der Waals surface area contributed by atoms with Gasteiger partial charge in [0.1, 0.15) is 0 Å². The number of hydrogen-bond donors (Lipinski definition) is 1. The molecule has 120 valence electrons. The lowest BCUT2D eigenvalue weighted by Crippen LogP contribution is -2.34. The maximum Gasteiger partial charge on any atom is 0.0847 e. The zero-order valence-corrected chi connectivity index (χ0v) is 14.7. The summed E-state index contributed by atoms with van der Waals surface area (Å²) >= 11 is 6.50. The summed E-state index contributed by atoms with van der Waals surface area (Å²) in [6, 6.07) is 0. The molecule has 0 amide bonds. The predicted octanol–water partition coefficient (Wildman–Crippen LogP) is 4.07. The molecule has 1 aliphatic carbocycles. The summed E-state index contributed by atoms with van der Waals surface area (Å²) in [5, 5.41) is 9.00. The first-order valence-corrected chi connectivity index (χ1v) is 8.87. The van der Waals surface area contributed by atoms with Gasteiger partial charge in [0, 0.05) is 6.54 Å². The zero-order valence-electron chi connectivity index (χ0n) is 14.0. The lowest BCUT2D eigenvalue weighted by molar-refractivity contribution is 0.182. The van der Waals surface area contributed by atoms with Crippen LogP contribution in [-0.2, 0) is 13.0 Å². The molecule has 1 heterocycles. The van der Waals surface area contributed by atoms with Crippen molar-refractivity contribution in [2.24, 2.45) is 17.8 Å². The van der Waals surface area contributed by atoms with Gasteiger partial charge in [0.05, 0.1) is 16.4 Å². The highest BCUT2D eigenvalue weighted by Gasteiger charge is 2.30. The Bertz CT molecular complexity index is 453. The number of nitrogens with one attached hydrogen (secondary N) is 1. The normalized spacial score (nSPS) is 26.2. The lowest BCUT2D eigenvalue weighted by atomic mass is 9.72. The molecule has 0 spiro atoms. The Kier molecular flexibility index (Phi) is 6.12. The van der Waals surface area contributed by atoms with Crippen LogP contribution in [0.2, 0.25) is 5.02 Å². The molecule has 3 nitrogen and oxygen atoms in total. The zero-order chi connectivity index (χ0) is 15.4. The maximum absolute atomic E-state index is 6.50. The largest absolute Gasteiger partial charge is 0.317 e. The van der Waals surface area contributed by atoms with Crippen molar-refractivity contribution in [3.05, 3.63) is 16.4 Å². The number of nitrogens with zero attached hydrogens (tertiary/aromatic N) is 2. The Morgan fingerprint density at radius 3 is 2.71 bits per heavy atom. The van der Waals surface area contributed by atoms with Crippen molar-refractivity contribution in [3.63, 3.8) is 0 Å². The second-order valence-electron chi connectivity index (χ2n) is 6.61. The smallest absolute Gasteiger partial charge is 0.0847 e. The minimum Gasteiger partial charge on any atom is -0.317 e. The first-order chi connectivity index (χ1) is 10.1. The van der Waals surface area contributed by atoms with Crippen molar-refractivity contribution < 1.29 is 0 Å². The first kappa shape index (κ1) is 16.8. The molecule has 1 aromatic heterocycles. The second-order valence-corrected chi connectivity index (χ2v) is 6.99. The van der Waals surface area contributed by atoms with Crippen LogP contribution in [0.4, 0.5) is 0 Å². The summed E-state index contributed by atoms with van der Waals surface area (Å²) in [6.45, 7) is 11.8. The molecule has 0 aliphatic heterocycles. The molecule has 0 bridgehead atoms. The van der Waals surface area contributed by atoms with Crippen molar-refractivity contribution in [3.8, 4) is 0 Å². The summed E-state index contributed by atoms with van der Waals surface area (Å²) in [5.41, 5.74) is 2.22. The van der Waals surface area contributed by atoms with E-state index in [4.69, 9.17) is 11.6 Å². The molecule has 1 saturated carbocycles. The first-order valence-electron chi connectivity index (χ1n) is 8.49. The molecule has 4 heteroatoms. The van der Waals surface area contributed by atoms with Gasteiger partial charge in [-0.3, -0.25) is 4.68 Å². The molecule has 21 heavy (non-hydrogen) atoms. The average molecular weight is 312 g/mol. The third-order valence-electron chi connectivity index (χ3n) is 4.97. The number of halogens is 1. The monoisotopic (exact) mass is 311 g/mol. The Labute approximate surface area is 134 Å². The van der Waals surface area contributed by atoms with Gasteiger partial charge in [-0.15, -0.1) is 0 Å². The third kappa shape index (κ3) is 4.01. The number of aromatic nitrogens is 2. The Morgan fingerprint density at radius 2 is 2.05 bits per heavy atom. The third-order valence-corrected chi connectivity index (χ3v) is 5.46. The minimum atomic E-state index is 0.728. The van der Waals surface area contributed by atoms with Gasteiger partial charge in [0.2, 0.25) is 0 Å². The molecule has 2 rings (SSSR count). The van der Waals surface area contributed by atoms with E-state index in [1.54, 1.807) is 0 Å². The van der Waals surface area contributed by atoms with Crippen molar-refractivity contribution in [2.75, 3.05) is 13.1 Å². The summed E-state index contributed by atoms with van der Waals surface area (Å²) < 4.78 is 2.10. The van der Waals surface area contributed by atoms with Crippen molar-refractivity contribution in [1.29, 1.82) is 0 Å². The highest BCUT2D eigenvalue weighted by Crippen LogP contribution is 2.37. The van der Waals surface area contributed by atoms with E-state index in [1.807, 2.05) is 6.92 Å².